The number of hydrogen-bond acceptors (Lipinski definition) is 3. The third kappa shape index (κ3) is 4.75. The monoisotopic (exact) mass is 237 g/mol. The summed E-state index contributed by atoms with van der Waals surface area (Å²) in [6.07, 6.45) is 0.967. The second kappa shape index (κ2) is 7.30. The molecule has 0 aliphatic rings. The van der Waals surface area contributed by atoms with Crippen molar-refractivity contribution in [2.75, 3.05) is 26.8 Å². The zero-order valence-corrected chi connectivity index (χ0v) is 11.0. The molecule has 0 aromatic heterocycles. The van der Waals surface area contributed by atoms with Crippen molar-refractivity contribution in [3.63, 3.8) is 0 Å². The number of benzene rings is 1. The van der Waals surface area contributed by atoms with E-state index in [4.69, 9.17) is 9.84 Å². The number of ether oxygens (including phenoxy) is 1. The van der Waals surface area contributed by atoms with Gasteiger partial charge in [0.2, 0.25) is 0 Å². The summed E-state index contributed by atoms with van der Waals surface area (Å²) in [7, 11) is 2.02. The maximum absolute atomic E-state index is 9.00. The van der Waals surface area contributed by atoms with E-state index < -0.39 is 0 Å². The quantitative estimate of drug-likeness (QED) is 0.737. The van der Waals surface area contributed by atoms with E-state index in [2.05, 4.69) is 17.9 Å². The van der Waals surface area contributed by atoms with Gasteiger partial charge in [0.1, 0.15) is 5.75 Å². The fourth-order valence-electron chi connectivity index (χ4n) is 1.57. The Bertz CT molecular complexity index is 328. The van der Waals surface area contributed by atoms with Crippen molar-refractivity contribution in [1.82, 2.24) is 4.90 Å². The maximum Gasteiger partial charge on any atom is 0.122 e. The van der Waals surface area contributed by atoms with E-state index in [9.17, 15) is 0 Å². The van der Waals surface area contributed by atoms with E-state index in [1.807, 2.05) is 32.2 Å². The lowest BCUT2D eigenvalue weighted by atomic mass is 10.2. The minimum atomic E-state index is 0.204. The topological polar surface area (TPSA) is 32.7 Å². The Balaban J connectivity index is 2.23. The van der Waals surface area contributed by atoms with Crippen molar-refractivity contribution in [2.24, 2.45) is 0 Å². The number of nitrogens with zero attached hydrogens (tertiary/aromatic N) is 1. The fraction of sp³-hybridized carbons (Fsp3) is 0.571. The third-order valence-corrected chi connectivity index (χ3v) is 3.02. The van der Waals surface area contributed by atoms with Gasteiger partial charge in [-0.1, -0.05) is 18.2 Å². The van der Waals surface area contributed by atoms with Gasteiger partial charge in [0.15, 0.2) is 0 Å². The molecular formula is C14H23NO2. The Morgan fingerprint density at radius 2 is 2.06 bits per heavy atom. The number of rotatable bonds is 7. The summed E-state index contributed by atoms with van der Waals surface area (Å²) in [4.78, 5) is 2.14. The van der Waals surface area contributed by atoms with Gasteiger partial charge in [0, 0.05) is 12.6 Å². The van der Waals surface area contributed by atoms with E-state index in [-0.39, 0.29) is 12.6 Å². The van der Waals surface area contributed by atoms with Crippen LogP contribution in [-0.4, -0.2) is 42.9 Å². The molecule has 0 saturated heterocycles. The molecule has 1 N–H and O–H groups in total. The van der Waals surface area contributed by atoms with Gasteiger partial charge in [-0.15, -0.1) is 0 Å². The van der Waals surface area contributed by atoms with Gasteiger partial charge in [-0.2, -0.15) is 0 Å². The molecule has 96 valence electrons. The molecule has 0 bridgehead atoms. The van der Waals surface area contributed by atoms with Gasteiger partial charge < -0.3 is 14.7 Å². The van der Waals surface area contributed by atoms with Gasteiger partial charge >= 0.3 is 0 Å². The highest BCUT2D eigenvalue weighted by atomic mass is 16.5. The minimum Gasteiger partial charge on any atom is -0.493 e. The van der Waals surface area contributed by atoms with E-state index in [0.29, 0.717) is 6.61 Å². The molecule has 0 aliphatic heterocycles. The third-order valence-electron chi connectivity index (χ3n) is 3.02. The molecule has 0 heterocycles. The van der Waals surface area contributed by atoms with Crippen LogP contribution in [0.25, 0.3) is 0 Å². The summed E-state index contributed by atoms with van der Waals surface area (Å²) in [6, 6.07) is 8.26. The van der Waals surface area contributed by atoms with Crippen molar-refractivity contribution in [3.8, 4) is 5.75 Å². The molecule has 1 aromatic rings. The van der Waals surface area contributed by atoms with Crippen molar-refractivity contribution in [1.29, 1.82) is 0 Å². The molecule has 0 radical (unpaired) electrons. The average molecular weight is 237 g/mol. The molecule has 3 nitrogen and oxygen atoms in total. The molecule has 0 amide bonds. The molecule has 17 heavy (non-hydrogen) atoms. The van der Waals surface area contributed by atoms with Crippen molar-refractivity contribution in [2.45, 2.75) is 26.3 Å². The Morgan fingerprint density at radius 3 is 2.71 bits per heavy atom. The highest BCUT2D eigenvalue weighted by molar-refractivity contribution is 5.31. The first-order chi connectivity index (χ1) is 8.15. The van der Waals surface area contributed by atoms with Crippen molar-refractivity contribution >= 4 is 0 Å². The maximum atomic E-state index is 9.00. The molecule has 0 saturated carbocycles. The van der Waals surface area contributed by atoms with Gasteiger partial charge in [0.05, 0.1) is 13.2 Å². The SMILES string of the molecule is Cc1ccccc1OCCCN(C)C(C)CO. The predicted molar refractivity (Wildman–Crippen MR) is 70.5 cm³/mol. The van der Waals surface area contributed by atoms with Crippen LogP contribution in [0.15, 0.2) is 24.3 Å². The fourth-order valence-corrected chi connectivity index (χ4v) is 1.57. The van der Waals surface area contributed by atoms with Gasteiger partial charge in [-0.05, 0) is 38.9 Å². The smallest absolute Gasteiger partial charge is 0.122 e. The molecule has 1 atom stereocenters. The highest BCUT2D eigenvalue weighted by Gasteiger charge is 2.06. The van der Waals surface area contributed by atoms with Gasteiger partial charge in [-0.25, -0.2) is 0 Å². The summed E-state index contributed by atoms with van der Waals surface area (Å²) in [5.41, 5.74) is 1.17. The van der Waals surface area contributed by atoms with E-state index in [1.54, 1.807) is 0 Å². The van der Waals surface area contributed by atoms with Crippen LogP contribution in [0.1, 0.15) is 18.9 Å². The second-order valence-corrected chi connectivity index (χ2v) is 4.48. The largest absolute Gasteiger partial charge is 0.493 e. The van der Waals surface area contributed by atoms with Crippen LogP contribution < -0.4 is 4.74 Å². The summed E-state index contributed by atoms with van der Waals surface area (Å²) in [5, 5.41) is 9.00. The molecule has 1 unspecified atom stereocenters. The summed E-state index contributed by atoms with van der Waals surface area (Å²) < 4.78 is 5.71. The van der Waals surface area contributed by atoms with Crippen molar-refractivity contribution < 1.29 is 9.84 Å². The average Bonchev–Trinajstić information content (AvgIpc) is 2.35. The second-order valence-electron chi connectivity index (χ2n) is 4.48. The van der Waals surface area contributed by atoms with E-state index >= 15 is 0 Å². The summed E-state index contributed by atoms with van der Waals surface area (Å²) in [5.74, 6) is 0.963. The van der Waals surface area contributed by atoms with Crippen LogP contribution in [0.5, 0.6) is 5.75 Å². The molecular weight excluding hydrogens is 214 g/mol. The molecule has 0 fully saturated rings. The molecule has 1 rings (SSSR count). The molecule has 0 aliphatic carbocycles. The zero-order valence-electron chi connectivity index (χ0n) is 11.0. The number of hydrogen-bond donors (Lipinski definition) is 1. The Kier molecular flexibility index (Phi) is 6.01. The number of aryl methyl sites for hydroxylation is 1. The summed E-state index contributed by atoms with van der Waals surface area (Å²) >= 11 is 0. The molecule has 0 spiro atoms. The van der Waals surface area contributed by atoms with Crippen molar-refractivity contribution in [3.05, 3.63) is 29.8 Å². The van der Waals surface area contributed by atoms with Crippen LogP contribution in [0.3, 0.4) is 0 Å². The first kappa shape index (κ1) is 14.0. The Labute approximate surface area is 104 Å². The van der Waals surface area contributed by atoms with Gasteiger partial charge in [0.25, 0.3) is 0 Å². The zero-order chi connectivity index (χ0) is 12.7. The first-order valence-corrected chi connectivity index (χ1v) is 6.14. The minimum absolute atomic E-state index is 0.204. The van der Waals surface area contributed by atoms with Gasteiger partial charge in [-0.3, -0.25) is 0 Å². The lowest BCUT2D eigenvalue weighted by molar-refractivity contribution is 0.151. The number of aliphatic hydroxyl groups is 1. The van der Waals surface area contributed by atoms with Crippen LogP contribution >= 0.6 is 0 Å². The standard InChI is InChI=1S/C14H23NO2/c1-12-7-4-5-8-14(12)17-10-6-9-15(3)13(2)11-16/h4-5,7-8,13,16H,6,9-11H2,1-3H3. The lowest BCUT2D eigenvalue weighted by Gasteiger charge is -2.22. The number of aliphatic hydroxyl groups excluding tert-OH is 1. The van der Waals surface area contributed by atoms with E-state index in [0.717, 1.165) is 18.7 Å². The number of likely N-dealkylation sites (N-methyl/N-ethyl adjacent to an activating group) is 1. The Morgan fingerprint density at radius 1 is 1.35 bits per heavy atom. The number of para-hydroxylation sites is 1. The summed E-state index contributed by atoms with van der Waals surface area (Å²) in [6.45, 7) is 5.92. The van der Waals surface area contributed by atoms with Crippen LogP contribution in [0.4, 0.5) is 0 Å². The van der Waals surface area contributed by atoms with Crippen LogP contribution in [0.2, 0.25) is 0 Å². The first-order valence-electron chi connectivity index (χ1n) is 6.14. The highest BCUT2D eigenvalue weighted by Crippen LogP contribution is 2.16. The predicted octanol–water partition coefficient (Wildman–Crippen LogP) is 2.08. The van der Waals surface area contributed by atoms with Crippen LogP contribution in [-0.2, 0) is 0 Å². The molecule has 3 heteroatoms. The van der Waals surface area contributed by atoms with Crippen LogP contribution in [0, 0.1) is 6.92 Å². The van der Waals surface area contributed by atoms with E-state index in [1.165, 1.54) is 5.56 Å². The molecule has 1 aromatic carbocycles. The normalized spacial score (nSPS) is 12.8. The lowest BCUT2D eigenvalue weighted by Crippen LogP contribution is -2.33. The Hall–Kier alpha value is -1.06.